The lowest BCUT2D eigenvalue weighted by molar-refractivity contribution is 0.0849. The Kier molecular flexibility index (Phi) is 3.95. The molecule has 0 aliphatic carbocycles. The van der Waals surface area contributed by atoms with Gasteiger partial charge in [0.25, 0.3) is 0 Å². The van der Waals surface area contributed by atoms with Crippen LogP contribution in [0, 0.1) is 5.82 Å². The van der Waals surface area contributed by atoms with Gasteiger partial charge in [-0.1, -0.05) is 11.6 Å². The summed E-state index contributed by atoms with van der Waals surface area (Å²) in [6.07, 6.45) is 2.94. The third-order valence-electron chi connectivity index (χ3n) is 2.71. The molecule has 0 aliphatic heterocycles. The van der Waals surface area contributed by atoms with E-state index in [2.05, 4.69) is 19.9 Å². The fraction of sp³-hybridized carbons (Fsp3) is 0.0769. The zero-order chi connectivity index (χ0) is 16.6. The van der Waals surface area contributed by atoms with Gasteiger partial charge in [-0.05, 0) is 23.7 Å². The van der Waals surface area contributed by atoms with Gasteiger partial charge in [0, 0.05) is 6.20 Å². The van der Waals surface area contributed by atoms with Gasteiger partial charge in [0.15, 0.2) is 5.82 Å². The van der Waals surface area contributed by atoms with Crippen LogP contribution < -0.4 is 4.74 Å². The first-order chi connectivity index (χ1) is 10.8. The molecule has 0 amide bonds. The lowest BCUT2D eigenvalue weighted by atomic mass is 10.2. The molecule has 0 fully saturated rings. The Morgan fingerprint density at radius 2 is 1.74 bits per heavy atom. The zero-order valence-electron chi connectivity index (χ0n) is 11.0. The van der Waals surface area contributed by atoms with Gasteiger partial charge in [0.05, 0.1) is 28.3 Å². The van der Waals surface area contributed by atoms with E-state index in [1.54, 1.807) is 0 Å². The molecule has 118 valence electrons. The van der Waals surface area contributed by atoms with Crippen molar-refractivity contribution in [3.05, 3.63) is 47.4 Å². The van der Waals surface area contributed by atoms with Gasteiger partial charge in [-0.3, -0.25) is 0 Å². The van der Waals surface area contributed by atoms with E-state index < -0.39 is 17.0 Å². The maximum atomic E-state index is 13.1. The van der Waals surface area contributed by atoms with Gasteiger partial charge >= 0.3 is 11.4 Å². The van der Waals surface area contributed by atoms with Gasteiger partial charge in [-0.2, -0.15) is 8.78 Å². The predicted molar refractivity (Wildman–Crippen MR) is 76.4 cm³/mol. The smallest absolute Gasteiger partial charge is 0.381 e. The van der Waals surface area contributed by atoms with E-state index in [0.29, 0.717) is 0 Å². The average Bonchev–Trinajstić information content (AvgIpc) is 2.51. The minimum Gasteiger partial charge on any atom is -0.424 e. The highest BCUT2D eigenvalue weighted by Gasteiger charge is 2.32. The molecule has 23 heavy (non-hydrogen) atoms. The second-order valence-electron chi connectivity index (χ2n) is 4.29. The van der Waals surface area contributed by atoms with E-state index in [-0.39, 0.29) is 27.7 Å². The van der Waals surface area contributed by atoms with E-state index in [9.17, 15) is 13.2 Å². The van der Waals surface area contributed by atoms with Crippen LogP contribution in [-0.2, 0) is 5.38 Å². The molecule has 1 aromatic carbocycles. The second-order valence-corrected chi connectivity index (χ2v) is 5.17. The number of benzene rings is 1. The fourth-order valence-electron chi connectivity index (χ4n) is 1.74. The van der Waals surface area contributed by atoms with Crippen LogP contribution in [0.5, 0.6) is 11.8 Å². The fourth-order valence-corrected chi connectivity index (χ4v) is 2.04. The molecule has 0 spiro atoms. The van der Waals surface area contributed by atoms with Crippen molar-refractivity contribution in [2.24, 2.45) is 0 Å². The number of rotatable bonds is 3. The third kappa shape index (κ3) is 3.27. The number of hydrogen-bond donors (Lipinski definition) is 0. The van der Waals surface area contributed by atoms with Gasteiger partial charge in [0.2, 0.25) is 5.82 Å². The molecule has 0 saturated heterocycles. The summed E-state index contributed by atoms with van der Waals surface area (Å²) in [5, 5.41) is -3.37. The maximum Gasteiger partial charge on any atom is 0.381 e. The van der Waals surface area contributed by atoms with Crippen molar-refractivity contribution in [2.75, 3.05) is 0 Å². The van der Waals surface area contributed by atoms with Crippen LogP contribution in [0.15, 0.2) is 30.7 Å². The van der Waals surface area contributed by atoms with Crippen LogP contribution >= 0.6 is 23.2 Å². The quantitative estimate of drug-likeness (QED) is 0.652. The van der Waals surface area contributed by atoms with Crippen molar-refractivity contribution >= 4 is 34.1 Å². The number of aromatic nitrogens is 4. The maximum absolute atomic E-state index is 13.1. The summed E-state index contributed by atoms with van der Waals surface area (Å²) in [6.45, 7) is 0. The van der Waals surface area contributed by atoms with Crippen LogP contribution in [-0.4, -0.2) is 19.9 Å². The number of ether oxygens (including phenoxy) is 1. The Bertz CT molecular complexity index is 871. The molecule has 0 aliphatic rings. The van der Waals surface area contributed by atoms with Crippen molar-refractivity contribution in [2.45, 2.75) is 5.38 Å². The van der Waals surface area contributed by atoms with Gasteiger partial charge < -0.3 is 4.74 Å². The summed E-state index contributed by atoms with van der Waals surface area (Å²) in [5.41, 5.74) is 0.0246. The number of halogens is 5. The van der Waals surface area contributed by atoms with Crippen LogP contribution in [0.1, 0.15) is 5.82 Å². The van der Waals surface area contributed by atoms with Crippen molar-refractivity contribution in [1.29, 1.82) is 0 Å². The van der Waals surface area contributed by atoms with Gasteiger partial charge in [-0.15, -0.1) is 0 Å². The molecule has 0 saturated carbocycles. The standard InChI is InChI=1S/C13H5Cl2F3N4O/c14-8-1-2-9(23-12-20-3-6(16)4-21-12)7-5-19-11(13(15,17)18)22-10(7)8/h1-5H. The summed E-state index contributed by atoms with van der Waals surface area (Å²) in [4.78, 5) is 14.4. The van der Waals surface area contributed by atoms with Crippen LogP contribution in [0.25, 0.3) is 10.9 Å². The highest BCUT2D eigenvalue weighted by atomic mass is 35.5. The normalized spacial score (nSPS) is 11.7. The van der Waals surface area contributed by atoms with Crippen molar-refractivity contribution in [3.8, 4) is 11.8 Å². The molecule has 10 heteroatoms. The molecule has 2 aromatic heterocycles. The molecule has 0 radical (unpaired) electrons. The van der Waals surface area contributed by atoms with Gasteiger partial charge in [0.1, 0.15) is 5.75 Å². The molecule has 2 heterocycles. The number of nitrogens with zero attached hydrogens (tertiary/aromatic N) is 4. The van der Waals surface area contributed by atoms with Crippen LogP contribution in [0.4, 0.5) is 13.2 Å². The van der Waals surface area contributed by atoms with E-state index in [0.717, 1.165) is 18.6 Å². The molecule has 0 N–H and O–H groups in total. The van der Waals surface area contributed by atoms with Gasteiger partial charge in [-0.25, -0.2) is 24.3 Å². The predicted octanol–water partition coefficient (Wildman–Crippen LogP) is 4.29. The van der Waals surface area contributed by atoms with Crippen molar-refractivity contribution < 1.29 is 17.9 Å². The van der Waals surface area contributed by atoms with Crippen molar-refractivity contribution in [3.63, 3.8) is 0 Å². The van der Waals surface area contributed by atoms with Crippen LogP contribution in [0.2, 0.25) is 5.02 Å². The van der Waals surface area contributed by atoms with E-state index in [1.807, 2.05) is 0 Å². The van der Waals surface area contributed by atoms with E-state index in [4.69, 9.17) is 27.9 Å². The molecule has 3 rings (SSSR count). The van der Waals surface area contributed by atoms with Crippen LogP contribution in [0.3, 0.4) is 0 Å². The Morgan fingerprint density at radius 1 is 1.04 bits per heavy atom. The Hall–Kier alpha value is -2.19. The Balaban J connectivity index is 2.08. The monoisotopic (exact) mass is 360 g/mol. The SMILES string of the molecule is Fc1cnc(Oc2ccc(Cl)c3nc(C(F)(F)Cl)ncc23)nc1. The zero-order valence-corrected chi connectivity index (χ0v) is 12.5. The summed E-state index contributed by atoms with van der Waals surface area (Å²) in [5.74, 6) is -1.35. The Morgan fingerprint density at radius 3 is 2.39 bits per heavy atom. The number of hydrogen-bond acceptors (Lipinski definition) is 5. The van der Waals surface area contributed by atoms with Crippen molar-refractivity contribution in [1.82, 2.24) is 19.9 Å². The first-order valence-corrected chi connectivity index (χ1v) is 6.78. The first-order valence-electron chi connectivity index (χ1n) is 6.02. The third-order valence-corrected chi connectivity index (χ3v) is 3.19. The minimum atomic E-state index is -3.73. The summed E-state index contributed by atoms with van der Waals surface area (Å²) >= 11 is 10.9. The molecule has 5 nitrogen and oxygen atoms in total. The molecular weight excluding hydrogens is 356 g/mol. The molecule has 0 unspecified atom stereocenters. The summed E-state index contributed by atoms with van der Waals surface area (Å²) in [7, 11) is 0. The summed E-state index contributed by atoms with van der Waals surface area (Å²) < 4.78 is 44.4. The lowest BCUT2D eigenvalue weighted by Gasteiger charge is -2.10. The molecular formula is C13H5Cl2F3N4O. The lowest BCUT2D eigenvalue weighted by Crippen LogP contribution is -2.09. The Labute approximate surface area is 137 Å². The largest absolute Gasteiger partial charge is 0.424 e. The number of alkyl halides is 3. The highest BCUT2D eigenvalue weighted by Crippen LogP contribution is 2.35. The minimum absolute atomic E-state index is 0.0246. The van der Waals surface area contributed by atoms with E-state index >= 15 is 0 Å². The number of fused-ring (bicyclic) bond motifs is 1. The topological polar surface area (TPSA) is 60.8 Å². The molecule has 0 atom stereocenters. The first kappa shape index (κ1) is 15.7. The highest BCUT2D eigenvalue weighted by molar-refractivity contribution is 6.35. The molecule has 3 aromatic rings. The summed E-state index contributed by atoms with van der Waals surface area (Å²) in [6, 6.07) is 2.72. The van der Waals surface area contributed by atoms with E-state index in [1.165, 1.54) is 12.1 Å². The molecule has 0 bridgehead atoms. The average molecular weight is 361 g/mol. The second kappa shape index (κ2) is 5.78.